The number of nitrogens with zero attached hydrogens (tertiary/aromatic N) is 2. The van der Waals surface area contributed by atoms with Crippen LogP contribution in [0.4, 0.5) is 10.5 Å². The third kappa shape index (κ3) is 4.49. The van der Waals surface area contributed by atoms with E-state index in [1.54, 1.807) is 17.0 Å². The zero-order valence-electron chi connectivity index (χ0n) is 19.3. The Hall–Kier alpha value is -2.37. The van der Waals surface area contributed by atoms with E-state index < -0.39 is 17.5 Å². The lowest BCUT2D eigenvalue weighted by atomic mass is 9.88. The molecule has 3 atom stereocenters. The Morgan fingerprint density at radius 3 is 2.60 bits per heavy atom. The largest absolute Gasteiger partial charge is 0.366 e. The molecule has 3 aliphatic heterocycles. The molecule has 5 rings (SSSR count). The average Bonchev–Trinajstić information content (AvgIpc) is 3.30. The van der Waals surface area contributed by atoms with E-state index in [4.69, 9.17) is 11.6 Å². The van der Waals surface area contributed by atoms with Gasteiger partial charge in [-0.05, 0) is 48.7 Å². The van der Waals surface area contributed by atoms with Gasteiger partial charge in [0.25, 0.3) is 11.8 Å². The van der Waals surface area contributed by atoms with Crippen molar-refractivity contribution in [1.82, 2.24) is 20.9 Å². The monoisotopic (exact) mass is 607 g/mol. The van der Waals surface area contributed by atoms with E-state index >= 15 is 0 Å². The molecule has 1 unspecified atom stereocenters. The molecule has 184 valence electrons. The highest BCUT2D eigenvalue weighted by molar-refractivity contribution is 14.1. The quantitative estimate of drug-likeness (QED) is 0.267. The molecule has 2 aromatic rings. The van der Waals surface area contributed by atoms with Crippen molar-refractivity contribution in [3.8, 4) is 0 Å². The second-order valence-electron chi connectivity index (χ2n) is 9.41. The highest BCUT2D eigenvalue weighted by atomic mass is 127. The van der Waals surface area contributed by atoms with Crippen LogP contribution in [0.2, 0.25) is 5.02 Å². The predicted octanol–water partition coefficient (Wildman–Crippen LogP) is 3.02. The molecule has 0 bridgehead atoms. The maximum absolute atomic E-state index is 13.1. The lowest BCUT2D eigenvalue weighted by Crippen LogP contribution is -2.55. The minimum atomic E-state index is -1.37. The molecule has 0 saturated carbocycles. The van der Waals surface area contributed by atoms with E-state index in [0.29, 0.717) is 34.8 Å². The minimum absolute atomic E-state index is 0.0246. The lowest BCUT2D eigenvalue weighted by Gasteiger charge is -2.40. The molecular weight excluding hydrogens is 581 g/mol. The number of nitrogens with one attached hydrogen (secondary N) is 3. The Morgan fingerprint density at radius 2 is 1.91 bits per heavy atom. The average molecular weight is 608 g/mol. The number of benzene rings is 2. The second kappa shape index (κ2) is 9.59. The van der Waals surface area contributed by atoms with Gasteiger partial charge >= 0.3 is 6.03 Å². The lowest BCUT2D eigenvalue weighted by molar-refractivity contribution is -0.124. The summed E-state index contributed by atoms with van der Waals surface area (Å²) in [5, 5.41) is 9.26. The Labute approximate surface area is 222 Å². The fourth-order valence-electron chi connectivity index (χ4n) is 5.20. The molecule has 0 radical (unpaired) electrons. The number of alkyl halides is 1. The van der Waals surface area contributed by atoms with Gasteiger partial charge in [0.05, 0.1) is 6.54 Å². The van der Waals surface area contributed by atoms with E-state index in [1.165, 1.54) is 0 Å². The normalized spacial score (nSPS) is 26.1. The summed E-state index contributed by atoms with van der Waals surface area (Å²) in [5.41, 5.74) is 1.72. The number of rotatable bonds is 6. The topological polar surface area (TPSA) is 93.8 Å². The first-order valence-corrected chi connectivity index (χ1v) is 13.6. The standard InChI is InChI=1S/C25H27ClIN5O3/c1-15-11-28-19(8-9-27)13-32(15)20-6-3-17(4-7-20)25(23(34)29-24(35)30-25)14-31-12-16-2-5-18(26)10-21(16)22(31)33/h2-7,10,15,19,28H,8-9,11-14H2,1H3,(H2,29,30,34,35)/t15-,19+,25?/m1/s1. The van der Waals surface area contributed by atoms with Gasteiger partial charge in [0, 0.05) is 52.4 Å². The van der Waals surface area contributed by atoms with Crippen LogP contribution in [0.3, 0.4) is 0 Å². The summed E-state index contributed by atoms with van der Waals surface area (Å²) in [6.07, 6.45) is 1.11. The van der Waals surface area contributed by atoms with E-state index in [1.807, 2.05) is 30.3 Å². The van der Waals surface area contributed by atoms with Crippen molar-refractivity contribution in [2.45, 2.75) is 37.5 Å². The van der Waals surface area contributed by atoms with E-state index in [-0.39, 0.29) is 12.5 Å². The van der Waals surface area contributed by atoms with Gasteiger partial charge in [-0.3, -0.25) is 14.9 Å². The summed E-state index contributed by atoms with van der Waals surface area (Å²) in [7, 11) is 0. The Bertz CT molecular complexity index is 1180. The van der Waals surface area contributed by atoms with Crippen molar-refractivity contribution >= 4 is 57.7 Å². The Morgan fingerprint density at radius 1 is 1.14 bits per heavy atom. The molecule has 0 aromatic heterocycles. The molecule has 4 amide bonds. The van der Waals surface area contributed by atoms with Gasteiger partial charge in [0.15, 0.2) is 5.54 Å². The highest BCUT2D eigenvalue weighted by Crippen LogP contribution is 2.33. The number of piperazine rings is 1. The van der Waals surface area contributed by atoms with Crippen molar-refractivity contribution in [3.05, 3.63) is 64.2 Å². The zero-order chi connectivity index (χ0) is 24.7. The molecule has 0 spiro atoms. The van der Waals surface area contributed by atoms with Crippen LogP contribution >= 0.6 is 34.2 Å². The van der Waals surface area contributed by atoms with Crippen molar-refractivity contribution in [3.63, 3.8) is 0 Å². The van der Waals surface area contributed by atoms with Gasteiger partial charge in [-0.2, -0.15) is 0 Å². The van der Waals surface area contributed by atoms with Crippen LogP contribution in [0.1, 0.15) is 34.8 Å². The SMILES string of the molecule is C[C@@H]1CN[C@@H](CCI)CN1c1ccc(C2(CN3Cc4ccc(Cl)cc4C3=O)NC(=O)NC2=O)cc1. The number of imide groups is 1. The number of fused-ring (bicyclic) bond motifs is 1. The maximum atomic E-state index is 13.1. The van der Waals surface area contributed by atoms with Crippen molar-refractivity contribution < 1.29 is 14.4 Å². The van der Waals surface area contributed by atoms with Crippen LogP contribution in [-0.2, 0) is 16.9 Å². The second-order valence-corrected chi connectivity index (χ2v) is 10.9. The molecule has 10 heteroatoms. The first-order valence-electron chi connectivity index (χ1n) is 11.7. The van der Waals surface area contributed by atoms with Crippen molar-refractivity contribution in [2.75, 3.05) is 29.0 Å². The summed E-state index contributed by atoms with van der Waals surface area (Å²) >= 11 is 8.49. The molecule has 0 aliphatic carbocycles. The number of halogens is 2. The van der Waals surface area contributed by atoms with Crippen LogP contribution < -0.4 is 20.9 Å². The van der Waals surface area contributed by atoms with Crippen LogP contribution in [0.25, 0.3) is 0 Å². The summed E-state index contributed by atoms with van der Waals surface area (Å²) in [5.74, 6) is -0.668. The summed E-state index contributed by atoms with van der Waals surface area (Å²) in [6.45, 7) is 4.39. The van der Waals surface area contributed by atoms with Gasteiger partial charge in [0.2, 0.25) is 0 Å². The number of urea groups is 1. The smallest absolute Gasteiger partial charge is 0.322 e. The van der Waals surface area contributed by atoms with Crippen LogP contribution in [0.5, 0.6) is 0 Å². The van der Waals surface area contributed by atoms with Gasteiger partial charge < -0.3 is 20.4 Å². The molecule has 2 aromatic carbocycles. The molecule has 2 fully saturated rings. The summed E-state index contributed by atoms with van der Waals surface area (Å²) in [6, 6.07) is 13.2. The summed E-state index contributed by atoms with van der Waals surface area (Å²) in [4.78, 5) is 42.4. The fraction of sp³-hybridized carbons (Fsp3) is 0.400. The Balaban J connectivity index is 1.42. The molecule has 35 heavy (non-hydrogen) atoms. The number of carbonyl (C=O) groups is 3. The van der Waals surface area contributed by atoms with Gasteiger partial charge in [-0.25, -0.2) is 4.79 Å². The third-order valence-electron chi connectivity index (χ3n) is 7.12. The number of amides is 4. The van der Waals surface area contributed by atoms with E-state index in [0.717, 1.165) is 35.2 Å². The molecule has 3 heterocycles. The Kier molecular flexibility index (Phi) is 6.67. The molecule has 8 nitrogen and oxygen atoms in total. The van der Waals surface area contributed by atoms with Crippen LogP contribution in [-0.4, -0.2) is 58.9 Å². The maximum Gasteiger partial charge on any atom is 0.322 e. The molecule has 3 N–H and O–H groups in total. The first-order chi connectivity index (χ1) is 16.8. The van der Waals surface area contributed by atoms with Crippen molar-refractivity contribution in [1.29, 1.82) is 0 Å². The van der Waals surface area contributed by atoms with E-state index in [2.05, 4.69) is 50.4 Å². The van der Waals surface area contributed by atoms with Gasteiger partial charge in [0.1, 0.15) is 0 Å². The van der Waals surface area contributed by atoms with Crippen LogP contribution in [0.15, 0.2) is 42.5 Å². The minimum Gasteiger partial charge on any atom is -0.366 e. The number of carbonyl (C=O) groups excluding carboxylic acids is 3. The molecular formula is C25H27ClIN5O3. The zero-order valence-corrected chi connectivity index (χ0v) is 22.2. The first kappa shape index (κ1) is 24.3. The highest BCUT2D eigenvalue weighted by Gasteiger charge is 2.50. The summed E-state index contributed by atoms with van der Waals surface area (Å²) < 4.78 is 1.10. The number of hydrogen-bond acceptors (Lipinski definition) is 5. The predicted molar refractivity (Wildman–Crippen MR) is 143 cm³/mol. The number of anilines is 1. The molecule has 2 saturated heterocycles. The van der Waals surface area contributed by atoms with Crippen LogP contribution in [0, 0.1) is 0 Å². The van der Waals surface area contributed by atoms with Gasteiger partial charge in [-0.1, -0.05) is 52.4 Å². The molecule has 3 aliphatic rings. The fourth-order valence-corrected chi connectivity index (χ4v) is 6.12. The van der Waals surface area contributed by atoms with Gasteiger partial charge in [-0.15, -0.1) is 0 Å². The number of hydrogen-bond donors (Lipinski definition) is 3. The van der Waals surface area contributed by atoms with Crippen molar-refractivity contribution in [2.24, 2.45) is 0 Å². The third-order valence-corrected chi connectivity index (χ3v) is 7.98. The van der Waals surface area contributed by atoms with E-state index in [9.17, 15) is 14.4 Å².